The average Bonchev–Trinajstić information content (AvgIpc) is 2.26. The molecule has 0 radical (unpaired) electrons. The highest BCUT2D eigenvalue weighted by molar-refractivity contribution is 4.96. The second-order valence-electron chi connectivity index (χ2n) is 4.08. The molecule has 0 rings (SSSR count). The zero-order chi connectivity index (χ0) is 11.2. The van der Waals surface area contributed by atoms with Crippen LogP contribution in [0.4, 0.5) is 0 Å². The van der Waals surface area contributed by atoms with Crippen molar-refractivity contribution in [3.05, 3.63) is 0 Å². The third-order valence-electron chi connectivity index (χ3n) is 2.60. The fraction of sp³-hybridized carbons (Fsp3) is 0.857. The summed E-state index contributed by atoms with van der Waals surface area (Å²) < 4.78 is 0. The van der Waals surface area contributed by atoms with Crippen LogP contribution in [0.1, 0.15) is 65.2 Å². The van der Waals surface area contributed by atoms with Gasteiger partial charge < -0.3 is 5.32 Å². The van der Waals surface area contributed by atoms with Gasteiger partial charge in [0.2, 0.25) is 0 Å². The van der Waals surface area contributed by atoms with Gasteiger partial charge in [-0.15, -0.1) is 5.92 Å². The summed E-state index contributed by atoms with van der Waals surface area (Å²) in [4.78, 5) is 0. The maximum Gasteiger partial charge on any atom is 0.0576 e. The normalized spacial score (nSPS) is 9.73. The lowest BCUT2D eigenvalue weighted by atomic mass is 10.1. The van der Waals surface area contributed by atoms with Crippen LogP contribution in [0, 0.1) is 11.8 Å². The monoisotopic (exact) mass is 209 g/mol. The number of rotatable bonds is 10. The second-order valence-corrected chi connectivity index (χ2v) is 4.08. The van der Waals surface area contributed by atoms with E-state index >= 15 is 0 Å². The molecule has 0 amide bonds. The highest BCUT2D eigenvalue weighted by Crippen LogP contribution is 2.07. The number of hydrogen-bond donors (Lipinski definition) is 1. The van der Waals surface area contributed by atoms with Gasteiger partial charge in [0.25, 0.3) is 0 Å². The minimum absolute atomic E-state index is 0.854. The van der Waals surface area contributed by atoms with Crippen molar-refractivity contribution in [2.75, 3.05) is 13.1 Å². The third kappa shape index (κ3) is 13.5. The number of nitrogens with one attached hydrogen (secondary N) is 1. The molecule has 0 aliphatic heterocycles. The Morgan fingerprint density at radius 2 is 1.47 bits per heavy atom. The highest BCUT2D eigenvalue weighted by atomic mass is 14.8. The Bertz CT molecular complexity index is 164. The molecule has 0 saturated heterocycles. The van der Waals surface area contributed by atoms with Crippen molar-refractivity contribution in [2.24, 2.45) is 0 Å². The van der Waals surface area contributed by atoms with Gasteiger partial charge >= 0.3 is 0 Å². The van der Waals surface area contributed by atoms with Crippen LogP contribution in [-0.4, -0.2) is 13.1 Å². The fourth-order valence-corrected chi connectivity index (χ4v) is 1.62. The lowest BCUT2D eigenvalue weighted by Crippen LogP contribution is -2.15. The van der Waals surface area contributed by atoms with Crippen molar-refractivity contribution in [3.63, 3.8) is 0 Å². The molecule has 0 unspecified atom stereocenters. The van der Waals surface area contributed by atoms with Crippen LogP contribution >= 0.6 is 0 Å². The smallest absolute Gasteiger partial charge is 0.0576 e. The SMILES string of the molecule is CC#CCNCCCCCCCCCC. The summed E-state index contributed by atoms with van der Waals surface area (Å²) in [6.07, 6.45) is 11.1. The number of hydrogen-bond acceptors (Lipinski definition) is 1. The Kier molecular flexibility index (Phi) is 13.1. The Morgan fingerprint density at radius 3 is 2.07 bits per heavy atom. The minimum atomic E-state index is 0.854. The molecule has 88 valence electrons. The molecule has 0 aromatic heterocycles. The molecule has 1 N–H and O–H groups in total. The molecule has 0 bridgehead atoms. The van der Waals surface area contributed by atoms with Crippen molar-refractivity contribution < 1.29 is 0 Å². The van der Waals surface area contributed by atoms with Gasteiger partial charge in [-0.2, -0.15) is 0 Å². The van der Waals surface area contributed by atoms with Gasteiger partial charge in [0, 0.05) is 0 Å². The molecule has 0 aromatic rings. The predicted molar refractivity (Wildman–Crippen MR) is 68.9 cm³/mol. The van der Waals surface area contributed by atoms with Crippen molar-refractivity contribution in [1.29, 1.82) is 0 Å². The molecule has 0 heterocycles. The molecule has 0 spiro atoms. The zero-order valence-electron chi connectivity index (χ0n) is 10.6. The summed E-state index contributed by atoms with van der Waals surface area (Å²) >= 11 is 0. The van der Waals surface area contributed by atoms with E-state index in [2.05, 4.69) is 24.1 Å². The van der Waals surface area contributed by atoms with E-state index in [1.807, 2.05) is 6.92 Å². The molecule has 0 fully saturated rings. The maximum absolute atomic E-state index is 3.32. The highest BCUT2D eigenvalue weighted by Gasteiger charge is 1.90. The Balaban J connectivity index is 2.88. The van der Waals surface area contributed by atoms with Gasteiger partial charge in [0.05, 0.1) is 6.54 Å². The average molecular weight is 209 g/mol. The topological polar surface area (TPSA) is 12.0 Å². The van der Waals surface area contributed by atoms with Crippen LogP contribution < -0.4 is 5.32 Å². The summed E-state index contributed by atoms with van der Waals surface area (Å²) in [6, 6.07) is 0. The first-order valence-electron chi connectivity index (χ1n) is 6.52. The molecular weight excluding hydrogens is 182 g/mol. The van der Waals surface area contributed by atoms with E-state index in [1.54, 1.807) is 0 Å². The molecule has 15 heavy (non-hydrogen) atoms. The largest absolute Gasteiger partial charge is 0.306 e. The van der Waals surface area contributed by atoms with E-state index in [-0.39, 0.29) is 0 Å². The molecule has 0 aliphatic rings. The van der Waals surface area contributed by atoms with Crippen LogP contribution in [0.3, 0.4) is 0 Å². The zero-order valence-corrected chi connectivity index (χ0v) is 10.6. The van der Waals surface area contributed by atoms with E-state index in [1.165, 1.54) is 51.4 Å². The van der Waals surface area contributed by atoms with Crippen molar-refractivity contribution in [1.82, 2.24) is 5.32 Å². The van der Waals surface area contributed by atoms with Crippen molar-refractivity contribution in [2.45, 2.75) is 65.2 Å². The fourth-order valence-electron chi connectivity index (χ4n) is 1.62. The van der Waals surface area contributed by atoms with E-state index in [9.17, 15) is 0 Å². The van der Waals surface area contributed by atoms with Crippen LogP contribution in [0.15, 0.2) is 0 Å². The minimum Gasteiger partial charge on any atom is -0.306 e. The quantitative estimate of drug-likeness (QED) is 0.427. The van der Waals surface area contributed by atoms with Gasteiger partial charge in [0.1, 0.15) is 0 Å². The van der Waals surface area contributed by atoms with E-state index < -0.39 is 0 Å². The lowest BCUT2D eigenvalue weighted by molar-refractivity contribution is 0.564. The summed E-state index contributed by atoms with van der Waals surface area (Å²) in [5.41, 5.74) is 0. The Hall–Kier alpha value is -0.480. The van der Waals surface area contributed by atoms with E-state index in [0.717, 1.165) is 13.1 Å². The lowest BCUT2D eigenvalue weighted by Gasteiger charge is -2.01. The molecule has 1 heteroatoms. The van der Waals surface area contributed by atoms with Crippen LogP contribution in [0.25, 0.3) is 0 Å². The molecule has 0 aromatic carbocycles. The summed E-state index contributed by atoms with van der Waals surface area (Å²) in [7, 11) is 0. The first-order chi connectivity index (χ1) is 7.41. The number of unbranched alkanes of at least 4 members (excludes halogenated alkanes) is 7. The van der Waals surface area contributed by atoms with Gasteiger partial charge in [-0.25, -0.2) is 0 Å². The van der Waals surface area contributed by atoms with E-state index in [4.69, 9.17) is 0 Å². The molecule has 0 atom stereocenters. The summed E-state index contributed by atoms with van der Waals surface area (Å²) in [5, 5.41) is 3.32. The molecule has 1 nitrogen and oxygen atoms in total. The second kappa shape index (κ2) is 13.5. The first-order valence-corrected chi connectivity index (χ1v) is 6.52. The van der Waals surface area contributed by atoms with Gasteiger partial charge in [-0.05, 0) is 19.9 Å². The first kappa shape index (κ1) is 14.5. The van der Waals surface area contributed by atoms with Crippen molar-refractivity contribution in [3.8, 4) is 11.8 Å². The molecule has 0 aliphatic carbocycles. The third-order valence-corrected chi connectivity index (χ3v) is 2.60. The standard InChI is InChI=1S/C14H27N/c1-3-5-7-8-9-10-11-12-14-15-13-6-4-2/h15H,3,5,7-14H2,1-2H3. The van der Waals surface area contributed by atoms with Gasteiger partial charge in [-0.3, -0.25) is 0 Å². The van der Waals surface area contributed by atoms with Crippen LogP contribution in [0.2, 0.25) is 0 Å². The molecule has 0 saturated carbocycles. The van der Waals surface area contributed by atoms with Gasteiger partial charge in [0.15, 0.2) is 0 Å². The summed E-state index contributed by atoms with van der Waals surface area (Å²) in [6.45, 7) is 6.14. The van der Waals surface area contributed by atoms with Crippen LogP contribution in [0.5, 0.6) is 0 Å². The Morgan fingerprint density at radius 1 is 0.867 bits per heavy atom. The van der Waals surface area contributed by atoms with Crippen LogP contribution in [-0.2, 0) is 0 Å². The molecular formula is C14H27N. The van der Waals surface area contributed by atoms with Gasteiger partial charge in [-0.1, -0.05) is 57.8 Å². The van der Waals surface area contributed by atoms with E-state index in [0.29, 0.717) is 0 Å². The Labute approximate surface area is 96.0 Å². The van der Waals surface area contributed by atoms with Crippen molar-refractivity contribution >= 4 is 0 Å². The maximum atomic E-state index is 3.32. The summed E-state index contributed by atoms with van der Waals surface area (Å²) in [5.74, 6) is 5.90. The predicted octanol–water partition coefficient (Wildman–Crippen LogP) is 3.74.